The molecule has 0 aliphatic rings. The first-order chi connectivity index (χ1) is 13.3. The molecule has 6 heteroatoms. The quantitative estimate of drug-likeness (QED) is 0.704. The second kappa shape index (κ2) is 9.94. The highest BCUT2D eigenvalue weighted by molar-refractivity contribution is 6.36. The fraction of sp³-hybridized carbons (Fsp3) is 0.364. The summed E-state index contributed by atoms with van der Waals surface area (Å²) in [6.07, 6.45) is 0.692. The predicted molar refractivity (Wildman–Crippen MR) is 115 cm³/mol. The lowest BCUT2D eigenvalue weighted by Gasteiger charge is -2.31. The molecule has 0 saturated carbocycles. The first-order valence-corrected chi connectivity index (χ1v) is 10.0. The van der Waals surface area contributed by atoms with Crippen LogP contribution in [0.4, 0.5) is 0 Å². The topological polar surface area (TPSA) is 49.4 Å². The zero-order valence-electron chi connectivity index (χ0n) is 16.7. The van der Waals surface area contributed by atoms with Crippen LogP contribution >= 0.6 is 23.2 Å². The van der Waals surface area contributed by atoms with Crippen LogP contribution in [0.5, 0.6) is 0 Å². The van der Waals surface area contributed by atoms with Crippen LogP contribution in [-0.2, 0) is 22.6 Å². The number of halogens is 2. The fourth-order valence-electron chi connectivity index (χ4n) is 3.13. The third kappa shape index (κ3) is 5.27. The lowest BCUT2D eigenvalue weighted by Crippen LogP contribution is -2.48. The van der Waals surface area contributed by atoms with E-state index in [1.54, 1.807) is 30.1 Å². The molecule has 28 heavy (non-hydrogen) atoms. The molecule has 4 nitrogen and oxygen atoms in total. The van der Waals surface area contributed by atoms with Gasteiger partial charge in [-0.3, -0.25) is 9.59 Å². The minimum atomic E-state index is -0.601. The van der Waals surface area contributed by atoms with Gasteiger partial charge in [0.1, 0.15) is 6.04 Å². The summed E-state index contributed by atoms with van der Waals surface area (Å²) in [6.45, 7) is 6.10. The SMILES string of the molecule is CC[C@@H](C(=O)NC)N(Cc1c(Cl)cccc1Cl)C(=O)Cc1ccc(C)c(C)c1. The minimum absolute atomic E-state index is 0.144. The van der Waals surface area contributed by atoms with Crippen molar-refractivity contribution in [2.45, 2.75) is 46.2 Å². The monoisotopic (exact) mass is 420 g/mol. The molecule has 0 heterocycles. The molecule has 2 amide bonds. The summed E-state index contributed by atoms with van der Waals surface area (Å²) in [5, 5.41) is 3.60. The van der Waals surface area contributed by atoms with Gasteiger partial charge in [0, 0.05) is 29.2 Å². The summed E-state index contributed by atoms with van der Waals surface area (Å²) in [5.41, 5.74) is 3.86. The van der Waals surface area contributed by atoms with Crippen molar-refractivity contribution in [3.05, 3.63) is 68.7 Å². The van der Waals surface area contributed by atoms with Crippen LogP contribution in [0.2, 0.25) is 10.0 Å². The Labute approximate surface area is 176 Å². The Morgan fingerprint density at radius 2 is 1.71 bits per heavy atom. The van der Waals surface area contributed by atoms with E-state index in [-0.39, 0.29) is 24.8 Å². The molecule has 1 N–H and O–H groups in total. The average molecular weight is 421 g/mol. The van der Waals surface area contributed by atoms with E-state index in [0.717, 1.165) is 11.1 Å². The smallest absolute Gasteiger partial charge is 0.242 e. The van der Waals surface area contributed by atoms with E-state index in [9.17, 15) is 9.59 Å². The van der Waals surface area contributed by atoms with Crippen molar-refractivity contribution in [2.24, 2.45) is 0 Å². The van der Waals surface area contributed by atoms with Gasteiger partial charge in [-0.2, -0.15) is 0 Å². The van der Waals surface area contributed by atoms with Gasteiger partial charge in [0.05, 0.1) is 6.42 Å². The number of carbonyl (C=O) groups excluding carboxylic acids is 2. The number of likely N-dealkylation sites (N-methyl/N-ethyl adjacent to an activating group) is 1. The summed E-state index contributed by atoms with van der Waals surface area (Å²) < 4.78 is 0. The lowest BCUT2D eigenvalue weighted by atomic mass is 10.0. The molecule has 150 valence electrons. The average Bonchev–Trinajstić information content (AvgIpc) is 2.66. The summed E-state index contributed by atoms with van der Waals surface area (Å²) in [6, 6.07) is 10.6. The predicted octanol–water partition coefficient (Wildman–Crippen LogP) is 4.71. The van der Waals surface area contributed by atoms with Gasteiger partial charge in [-0.05, 0) is 49.1 Å². The fourth-order valence-corrected chi connectivity index (χ4v) is 3.65. The zero-order valence-corrected chi connectivity index (χ0v) is 18.2. The molecule has 1 atom stereocenters. The number of nitrogens with one attached hydrogen (secondary N) is 1. The number of nitrogens with zero attached hydrogens (tertiary/aromatic N) is 1. The molecule has 0 spiro atoms. The van der Waals surface area contributed by atoms with Gasteiger partial charge in [-0.15, -0.1) is 0 Å². The Morgan fingerprint density at radius 3 is 2.25 bits per heavy atom. The molecule has 0 unspecified atom stereocenters. The second-order valence-electron chi connectivity index (χ2n) is 6.86. The molecule has 0 bridgehead atoms. The zero-order chi connectivity index (χ0) is 20.8. The lowest BCUT2D eigenvalue weighted by molar-refractivity contribution is -0.140. The van der Waals surface area contributed by atoms with E-state index in [1.165, 1.54) is 5.56 Å². The van der Waals surface area contributed by atoms with Crippen molar-refractivity contribution in [1.82, 2.24) is 10.2 Å². The van der Waals surface area contributed by atoms with Gasteiger partial charge >= 0.3 is 0 Å². The molecular weight excluding hydrogens is 395 g/mol. The Bertz CT molecular complexity index is 847. The van der Waals surface area contributed by atoms with Crippen molar-refractivity contribution >= 4 is 35.0 Å². The van der Waals surface area contributed by atoms with Crippen molar-refractivity contribution in [3.63, 3.8) is 0 Å². The van der Waals surface area contributed by atoms with Crippen LogP contribution in [0.25, 0.3) is 0 Å². The van der Waals surface area contributed by atoms with E-state index in [2.05, 4.69) is 5.32 Å². The van der Waals surface area contributed by atoms with Gasteiger partial charge < -0.3 is 10.2 Å². The number of benzene rings is 2. The Balaban J connectivity index is 2.37. The third-order valence-electron chi connectivity index (χ3n) is 4.95. The number of hydrogen-bond donors (Lipinski definition) is 1. The Hall–Kier alpha value is -2.04. The van der Waals surface area contributed by atoms with Gasteiger partial charge in [0.2, 0.25) is 11.8 Å². The van der Waals surface area contributed by atoms with Crippen molar-refractivity contribution in [2.75, 3.05) is 7.05 Å². The largest absolute Gasteiger partial charge is 0.357 e. The summed E-state index contributed by atoms with van der Waals surface area (Å²) in [5.74, 6) is -0.353. The molecule has 0 fully saturated rings. The first-order valence-electron chi connectivity index (χ1n) is 9.28. The molecule has 0 radical (unpaired) electrons. The number of aryl methyl sites for hydroxylation is 2. The Kier molecular flexibility index (Phi) is 7.90. The maximum atomic E-state index is 13.2. The maximum absolute atomic E-state index is 13.2. The van der Waals surface area contributed by atoms with Crippen molar-refractivity contribution in [3.8, 4) is 0 Å². The van der Waals surface area contributed by atoms with E-state index >= 15 is 0 Å². The van der Waals surface area contributed by atoms with Crippen molar-refractivity contribution < 1.29 is 9.59 Å². The number of hydrogen-bond acceptors (Lipinski definition) is 2. The van der Waals surface area contributed by atoms with Crippen LogP contribution in [0.15, 0.2) is 36.4 Å². The highest BCUT2D eigenvalue weighted by Crippen LogP contribution is 2.27. The summed E-state index contributed by atoms with van der Waals surface area (Å²) in [7, 11) is 1.57. The van der Waals surface area contributed by atoms with Gasteiger partial charge in [-0.25, -0.2) is 0 Å². The highest BCUT2D eigenvalue weighted by atomic mass is 35.5. The summed E-state index contributed by atoms with van der Waals surface area (Å²) in [4.78, 5) is 27.2. The third-order valence-corrected chi connectivity index (χ3v) is 5.66. The van der Waals surface area contributed by atoms with E-state index in [1.807, 2.05) is 39.0 Å². The minimum Gasteiger partial charge on any atom is -0.357 e. The van der Waals surface area contributed by atoms with Crippen LogP contribution in [0.1, 0.15) is 35.6 Å². The van der Waals surface area contributed by atoms with E-state index in [0.29, 0.717) is 22.0 Å². The molecule has 2 aromatic rings. The highest BCUT2D eigenvalue weighted by Gasteiger charge is 2.29. The Morgan fingerprint density at radius 1 is 1.07 bits per heavy atom. The van der Waals surface area contributed by atoms with Crippen LogP contribution in [0, 0.1) is 13.8 Å². The molecule has 0 aliphatic carbocycles. The number of amides is 2. The standard InChI is InChI=1S/C22H26Cl2N2O2/c1-5-20(22(28)25-4)26(13-17-18(23)7-6-8-19(17)24)21(27)12-16-10-9-14(2)15(3)11-16/h6-11,20H,5,12-13H2,1-4H3,(H,25,28)/t20-/m0/s1. The molecular formula is C22H26Cl2N2O2. The van der Waals surface area contributed by atoms with Crippen molar-refractivity contribution in [1.29, 1.82) is 0 Å². The maximum Gasteiger partial charge on any atom is 0.242 e. The van der Waals surface area contributed by atoms with E-state index in [4.69, 9.17) is 23.2 Å². The molecule has 0 saturated heterocycles. The van der Waals surface area contributed by atoms with Gasteiger partial charge in [0.15, 0.2) is 0 Å². The van der Waals surface area contributed by atoms with Crippen LogP contribution in [-0.4, -0.2) is 29.8 Å². The molecule has 0 aliphatic heterocycles. The molecule has 2 aromatic carbocycles. The number of rotatable bonds is 7. The van der Waals surface area contributed by atoms with Gasteiger partial charge in [0.25, 0.3) is 0 Å². The normalized spacial score (nSPS) is 11.8. The van der Waals surface area contributed by atoms with Crippen LogP contribution in [0.3, 0.4) is 0 Å². The first kappa shape index (κ1) is 22.3. The van der Waals surface area contributed by atoms with E-state index < -0.39 is 6.04 Å². The number of carbonyl (C=O) groups is 2. The second-order valence-corrected chi connectivity index (χ2v) is 7.67. The molecule has 2 rings (SSSR count). The van der Waals surface area contributed by atoms with Gasteiger partial charge in [-0.1, -0.05) is 54.4 Å². The summed E-state index contributed by atoms with van der Waals surface area (Å²) >= 11 is 12.6. The van der Waals surface area contributed by atoms with Crippen LogP contribution < -0.4 is 5.32 Å². The molecule has 0 aromatic heterocycles.